The molecule has 1 rings (SSSR count). The minimum Gasteiger partial charge on any atom is -0.480 e. The molecule has 9 heteroatoms. The number of urea groups is 1. The second-order valence-corrected chi connectivity index (χ2v) is 5.01. The second kappa shape index (κ2) is 7.46. The number of likely N-dealkylation sites (tertiary alicyclic amines) is 1. The number of nitrogens with one attached hydrogen (secondary N) is 2. The summed E-state index contributed by atoms with van der Waals surface area (Å²) < 4.78 is 0. The van der Waals surface area contributed by atoms with Crippen molar-refractivity contribution in [2.24, 2.45) is 11.7 Å². The number of carboxylic acid groups (broad SMARTS) is 1. The van der Waals surface area contributed by atoms with Gasteiger partial charge in [-0.05, 0) is 19.8 Å². The molecule has 21 heavy (non-hydrogen) atoms. The van der Waals surface area contributed by atoms with E-state index in [2.05, 4.69) is 10.6 Å². The van der Waals surface area contributed by atoms with Crippen molar-refractivity contribution >= 4 is 23.8 Å². The summed E-state index contributed by atoms with van der Waals surface area (Å²) in [5.74, 6) is -2.59. The maximum absolute atomic E-state index is 12.0. The highest BCUT2D eigenvalue weighted by Gasteiger charge is 2.31. The normalized spacial score (nSPS) is 21.5. The van der Waals surface area contributed by atoms with E-state index in [1.165, 1.54) is 4.90 Å². The Morgan fingerprint density at radius 3 is 2.43 bits per heavy atom. The Balaban J connectivity index is 2.44. The van der Waals surface area contributed by atoms with E-state index >= 15 is 0 Å². The van der Waals surface area contributed by atoms with Crippen molar-refractivity contribution in [2.75, 3.05) is 19.6 Å². The van der Waals surface area contributed by atoms with Crippen molar-refractivity contribution in [2.45, 2.75) is 25.8 Å². The number of primary amides is 1. The van der Waals surface area contributed by atoms with E-state index in [9.17, 15) is 19.2 Å². The molecule has 0 saturated carbocycles. The van der Waals surface area contributed by atoms with E-state index in [0.29, 0.717) is 12.8 Å². The lowest BCUT2D eigenvalue weighted by Gasteiger charge is -2.36. The highest BCUT2D eigenvalue weighted by atomic mass is 16.4. The van der Waals surface area contributed by atoms with Crippen LogP contribution in [0, 0.1) is 5.92 Å². The fourth-order valence-electron chi connectivity index (χ4n) is 2.12. The molecule has 1 aliphatic heterocycles. The number of rotatable bonds is 5. The van der Waals surface area contributed by atoms with Gasteiger partial charge in [0, 0.05) is 12.6 Å². The van der Waals surface area contributed by atoms with E-state index in [0.717, 1.165) is 0 Å². The van der Waals surface area contributed by atoms with Crippen molar-refractivity contribution in [3.8, 4) is 0 Å². The quantitative estimate of drug-likeness (QED) is 0.488. The number of amides is 4. The van der Waals surface area contributed by atoms with Crippen molar-refractivity contribution < 1.29 is 24.3 Å². The van der Waals surface area contributed by atoms with Gasteiger partial charge in [0.2, 0.25) is 11.8 Å². The number of hydrogen-bond donors (Lipinski definition) is 4. The summed E-state index contributed by atoms with van der Waals surface area (Å²) in [5.41, 5.74) is 5.25. The van der Waals surface area contributed by atoms with Gasteiger partial charge in [0.1, 0.15) is 6.54 Å². The molecular weight excluding hydrogens is 280 g/mol. The van der Waals surface area contributed by atoms with Crippen LogP contribution in [0.4, 0.5) is 4.79 Å². The highest BCUT2D eigenvalue weighted by Crippen LogP contribution is 2.21. The minimum absolute atomic E-state index is 0.0531. The van der Waals surface area contributed by atoms with Crippen LogP contribution in [-0.2, 0) is 14.4 Å². The van der Waals surface area contributed by atoms with Gasteiger partial charge in [0.15, 0.2) is 0 Å². The first-order valence-electron chi connectivity index (χ1n) is 6.63. The molecule has 118 valence electrons. The number of nitrogens with zero attached hydrogens (tertiary/aromatic N) is 1. The third-order valence-electron chi connectivity index (χ3n) is 3.38. The van der Waals surface area contributed by atoms with Crippen molar-refractivity contribution in [1.29, 1.82) is 0 Å². The Bertz CT molecular complexity index is 439. The van der Waals surface area contributed by atoms with Gasteiger partial charge >= 0.3 is 12.0 Å². The summed E-state index contributed by atoms with van der Waals surface area (Å²) in [7, 11) is 0. The van der Waals surface area contributed by atoms with Gasteiger partial charge in [-0.3, -0.25) is 14.4 Å². The van der Waals surface area contributed by atoms with Crippen LogP contribution in [0.1, 0.15) is 19.8 Å². The predicted octanol–water partition coefficient (Wildman–Crippen LogP) is -1.52. The lowest BCUT2D eigenvalue weighted by molar-refractivity contribution is -0.137. The Hall–Kier alpha value is -2.32. The van der Waals surface area contributed by atoms with Crippen LogP contribution in [0.15, 0.2) is 0 Å². The summed E-state index contributed by atoms with van der Waals surface area (Å²) in [6.45, 7) is 1.25. The topological polar surface area (TPSA) is 142 Å². The zero-order valence-electron chi connectivity index (χ0n) is 11.8. The summed E-state index contributed by atoms with van der Waals surface area (Å²) in [5, 5.41) is 12.9. The third-order valence-corrected chi connectivity index (χ3v) is 3.38. The summed E-state index contributed by atoms with van der Waals surface area (Å²) in [6.07, 6.45) is 1.30. The molecule has 9 nitrogen and oxygen atoms in total. The molecule has 1 heterocycles. The molecule has 0 radical (unpaired) electrons. The summed E-state index contributed by atoms with van der Waals surface area (Å²) in [4.78, 5) is 46.2. The Kier molecular flexibility index (Phi) is 5.94. The molecular formula is C12H20N4O5. The zero-order valence-corrected chi connectivity index (χ0v) is 11.8. The van der Waals surface area contributed by atoms with E-state index < -0.39 is 30.4 Å². The predicted molar refractivity (Wildman–Crippen MR) is 72.1 cm³/mol. The van der Waals surface area contributed by atoms with Crippen LogP contribution in [0.25, 0.3) is 0 Å². The molecule has 4 amide bonds. The highest BCUT2D eigenvalue weighted by molar-refractivity contribution is 5.86. The molecule has 0 spiro atoms. The third kappa shape index (κ3) is 5.28. The molecule has 1 aliphatic rings. The fourth-order valence-corrected chi connectivity index (χ4v) is 2.12. The van der Waals surface area contributed by atoms with Gasteiger partial charge in [-0.2, -0.15) is 0 Å². The number of carboxylic acids is 1. The van der Waals surface area contributed by atoms with Crippen molar-refractivity contribution in [1.82, 2.24) is 15.5 Å². The van der Waals surface area contributed by atoms with Crippen LogP contribution in [-0.4, -0.2) is 59.5 Å². The molecule has 2 atom stereocenters. The van der Waals surface area contributed by atoms with Gasteiger partial charge in [-0.1, -0.05) is 0 Å². The summed E-state index contributed by atoms with van der Waals surface area (Å²) >= 11 is 0. The number of nitrogens with two attached hydrogens (primary N) is 1. The average molecular weight is 300 g/mol. The largest absolute Gasteiger partial charge is 0.480 e. The number of carbonyl (C=O) groups excluding carboxylic acids is 3. The van der Waals surface area contributed by atoms with E-state index in [1.807, 2.05) is 6.92 Å². The average Bonchev–Trinajstić information content (AvgIpc) is 2.42. The molecule has 0 bridgehead atoms. The lowest BCUT2D eigenvalue weighted by Crippen LogP contribution is -2.53. The Labute approximate surface area is 121 Å². The second-order valence-electron chi connectivity index (χ2n) is 5.01. The Morgan fingerprint density at radius 2 is 1.86 bits per heavy atom. The zero-order chi connectivity index (χ0) is 16.0. The molecule has 0 aromatic rings. The van der Waals surface area contributed by atoms with Crippen LogP contribution in [0.2, 0.25) is 0 Å². The number of hydrogen-bond acceptors (Lipinski definition) is 4. The molecule has 0 aromatic carbocycles. The minimum atomic E-state index is -1.16. The monoisotopic (exact) mass is 300 g/mol. The van der Waals surface area contributed by atoms with Gasteiger partial charge in [-0.25, -0.2) is 4.79 Å². The molecule has 1 saturated heterocycles. The fraction of sp³-hybridized carbons (Fsp3) is 0.667. The van der Waals surface area contributed by atoms with E-state index in [1.54, 1.807) is 0 Å². The van der Waals surface area contributed by atoms with Gasteiger partial charge in [0.25, 0.3) is 0 Å². The van der Waals surface area contributed by atoms with Crippen molar-refractivity contribution in [3.63, 3.8) is 0 Å². The molecule has 0 aromatic heterocycles. The van der Waals surface area contributed by atoms with Crippen LogP contribution in [0.3, 0.4) is 0 Å². The van der Waals surface area contributed by atoms with Gasteiger partial charge < -0.3 is 26.4 Å². The molecule has 0 aliphatic carbocycles. The standard InChI is InChI=1S/C12H20N4O5/c1-7-2-3-8(11(13)20)6-16(7)12(21)15-4-9(17)14-5-10(18)19/h7-8H,2-6H2,1H3,(H2,13,20)(H,14,17)(H,15,21)(H,18,19). The van der Waals surface area contributed by atoms with E-state index in [-0.39, 0.29) is 25.0 Å². The van der Waals surface area contributed by atoms with Crippen LogP contribution >= 0.6 is 0 Å². The lowest BCUT2D eigenvalue weighted by atomic mass is 9.93. The van der Waals surface area contributed by atoms with Crippen LogP contribution in [0.5, 0.6) is 0 Å². The molecule has 5 N–H and O–H groups in total. The SMILES string of the molecule is CC1CCC(C(N)=O)CN1C(=O)NCC(=O)NCC(=O)O. The van der Waals surface area contributed by atoms with Gasteiger partial charge in [-0.15, -0.1) is 0 Å². The summed E-state index contributed by atoms with van der Waals surface area (Å²) in [6, 6.07) is -0.526. The smallest absolute Gasteiger partial charge is 0.322 e. The number of carbonyl (C=O) groups is 4. The maximum atomic E-state index is 12.0. The first-order chi connectivity index (χ1) is 9.81. The van der Waals surface area contributed by atoms with Gasteiger partial charge in [0.05, 0.1) is 12.5 Å². The maximum Gasteiger partial charge on any atom is 0.322 e. The number of piperidine rings is 1. The van der Waals surface area contributed by atoms with Crippen molar-refractivity contribution in [3.05, 3.63) is 0 Å². The first kappa shape index (κ1) is 16.7. The first-order valence-corrected chi connectivity index (χ1v) is 6.63. The van der Waals surface area contributed by atoms with E-state index in [4.69, 9.17) is 10.8 Å². The number of aliphatic carboxylic acids is 1. The van der Waals surface area contributed by atoms with Crippen LogP contribution < -0.4 is 16.4 Å². The molecule has 1 fully saturated rings. The Morgan fingerprint density at radius 1 is 1.19 bits per heavy atom. The molecule has 2 unspecified atom stereocenters.